The van der Waals surface area contributed by atoms with Crippen molar-refractivity contribution < 1.29 is 31.9 Å². The van der Waals surface area contributed by atoms with E-state index in [2.05, 4.69) is 9.72 Å². The number of pyridine rings is 1. The summed E-state index contributed by atoms with van der Waals surface area (Å²) < 4.78 is 44.8. The van der Waals surface area contributed by atoms with Crippen LogP contribution < -0.4 is 18.1 Å². The van der Waals surface area contributed by atoms with Crippen molar-refractivity contribution in [2.24, 2.45) is 5.92 Å². The minimum Gasteiger partial charge on any atom is -0.489 e. The second-order valence-corrected chi connectivity index (χ2v) is 6.64. The first kappa shape index (κ1) is 20.7. The van der Waals surface area contributed by atoms with Gasteiger partial charge in [-0.15, -0.1) is 0 Å². The van der Waals surface area contributed by atoms with Crippen molar-refractivity contribution in [2.45, 2.75) is 32.0 Å². The molecule has 1 fully saturated rings. The zero-order valence-electron chi connectivity index (χ0n) is 14.5. The number of benzene rings is 1. The Balaban J connectivity index is 1.82. The van der Waals surface area contributed by atoms with E-state index in [1.165, 1.54) is 30.6 Å². The van der Waals surface area contributed by atoms with Crippen LogP contribution in [0.15, 0.2) is 30.6 Å². The lowest BCUT2D eigenvalue weighted by molar-refractivity contribution is -0.0515. The molecule has 0 aliphatic heterocycles. The summed E-state index contributed by atoms with van der Waals surface area (Å²) in [5, 5.41) is 10.6. The molecule has 0 spiro atoms. The van der Waals surface area contributed by atoms with Crippen LogP contribution in [0.2, 0.25) is 0 Å². The molecule has 152 valence electrons. The second kappa shape index (κ2) is 9.45. The summed E-state index contributed by atoms with van der Waals surface area (Å²) in [7, 11) is 0. The third kappa shape index (κ3) is 5.27. The number of alkyl halides is 2. The molecule has 6 nitrogen and oxygen atoms in total. The van der Waals surface area contributed by atoms with Crippen LogP contribution in [0.3, 0.4) is 0 Å². The van der Waals surface area contributed by atoms with Gasteiger partial charge in [0.1, 0.15) is 23.7 Å². The number of halogens is 4. The van der Waals surface area contributed by atoms with Crippen LogP contribution in [0.4, 0.5) is 8.78 Å². The quantitative estimate of drug-likeness (QED) is 0.577. The topological polar surface area (TPSA) is 70.0 Å². The van der Waals surface area contributed by atoms with Gasteiger partial charge in [-0.3, -0.25) is 4.98 Å². The lowest BCUT2D eigenvalue weighted by atomic mass is 10.0. The molecule has 0 unspecified atom stereocenters. The summed E-state index contributed by atoms with van der Waals surface area (Å²) in [5.41, 5.74) is 0.811. The molecule has 1 heterocycles. The maximum absolute atomic E-state index is 12.6. The normalized spacial score (nSPS) is 14.6. The van der Waals surface area contributed by atoms with Gasteiger partial charge in [0.2, 0.25) is 0 Å². The van der Waals surface area contributed by atoms with Crippen molar-refractivity contribution in [3.8, 4) is 23.0 Å². The minimum absolute atomic E-state index is 0.0176. The molecular weight excluding hydrogens is 419 g/mol. The third-order valence-corrected chi connectivity index (χ3v) is 4.61. The van der Waals surface area contributed by atoms with Crippen molar-refractivity contribution in [3.05, 3.63) is 41.7 Å². The molecule has 10 heteroatoms. The largest absolute Gasteiger partial charge is 0.489 e. The van der Waals surface area contributed by atoms with E-state index in [-0.39, 0.29) is 29.4 Å². The van der Waals surface area contributed by atoms with E-state index >= 15 is 0 Å². The second-order valence-electron chi connectivity index (χ2n) is 6.33. The molecule has 0 radical (unpaired) electrons. The summed E-state index contributed by atoms with van der Waals surface area (Å²) in [6.07, 6.45) is 3.73. The van der Waals surface area contributed by atoms with Gasteiger partial charge < -0.3 is 23.2 Å². The van der Waals surface area contributed by atoms with E-state index in [0.29, 0.717) is 23.7 Å². The predicted molar refractivity (Wildman–Crippen MR) is 97.2 cm³/mol. The van der Waals surface area contributed by atoms with Crippen LogP contribution in [0.5, 0.6) is 23.0 Å². The molecule has 1 aromatic carbocycles. The van der Waals surface area contributed by atoms with E-state index in [0.717, 1.165) is 12.8 Å². The number of aliphatic hydroxyl groups excluding tert-OH is 1. The van der Waals surface area contributed by atoms with Crippen molar-refractivity contribution >= 4 is 23.7 Å². The lowest BCUT2D eigenvalue weighted by Crippen LogP contribution is -2.08. The standard InChI is InChI=1S/C18H17Cl2F2NO5/c19-27-16-7-23-8-17(28-20)12(16)6-13(24)11-3-4-14(26-18(21)22)15(5-11)25-9-10-1-2-10/h3-5,7-8,10,13,18,24H,1-2,6,9H2/t13-/m0/s1. The maximum atomic E-state index is 12.6. The molecule has 3 rings (SSSR count). The highest BCUT2D eigenvalue weighted by Gasteiger charge is 2.24. The first-order valence-electron chi connectivity index (χ1n) is 8.45. The van der Waals surface area contributed by atoms with Crippen LogP contribution in [0.1, 0.15) is 30.1 Å². The molecule has 1 aromatic heterocycles. The molecule has 1 aliphatic carbocycles. The Kier molecular flexibility index (Phi) is 6.98. The van der Waals surface area contributed by atoms with E-state index < -0.39 is 12.7 Å². The molecule has 1 saturated carbocycles. The van der Waals surface area contributed by atoms with Crippen LogP contribution in [-0.2, 0) is 6.42 Å². The van der Waals surface area contributed by atoms with Gasteiger partial charge in [-0.1, -0.05) is 6.07 Å². The van der Waals surface area contributed by atoms with E-state index in [1.807, 2.05) is 0 Å². The molecule has 1 N–H and O–H groups in total. The van der Waals surface area contributed by atoms with Crippen LogP contribution in [0.25, 0.3) is 0 Å². The monoisotopic (exact) mass is 435 g/mol. The highest BCUT2D eigenvalue weighted by atomic mass is 35.5. The highest BCUT2D eigenvalue weighted by molar-refractivity contribution is 6.10. The van der Waals surface area contributed by atoms with Gasteiger partial charge in [0.15, 0.2) is 23.0 Å². The fourth-order valence-corrected chi connectivity index (χ4v) is 2.89. The molecule has 1 atom stereocenters. The minimum atomic E-state index is -2.98. The Labute approximate surface area is 170 Å². The Morgan fingerprint density at radius 1 is 1.07 bits per heavy atom. The summed E-state index contributed by atoms with van der Waals surface area (Å²) in [6, 6.07) is 4.27. The average Bonchev–Trinajstić information content (AvgIpc) is 3.51. The molecule has 1 aliphatic rings. The van der Waals surface area contributed by atoms with Gasteiger partial charge in [0.25, 0.3) is 0 Å². The Morgan fingerprint density at radius 2 is 1.75 bits per heavy atom. The zero-order valence-corrected chi connectivity index (χ0v) is 16.0. The number of nitrogens with zero attached hydrogens (tertiary/aromatic N) is 1. The average molecular weight is 436 g/mol. The van der Waals surface area contributed by atoms with Gasteiger partial charge in [-0.2, -0.15) is 8.78 Å². The summed E-state index contributed by atoms with van der Waals surface area (Å²) in [4.78, 5) is 3.86. The number of aromatic nitrogens is 1. The molecule has 0 saturated heterocycles. The Morgan fingerprint density at radius 3 is 2.32 bits per heavy atom. The van der Waals surface area contributed by atoms with Gasteiger partial charge in [-0.05, 0) is 36.5 Å². The van der Waals surface area contributed by atoms with Gasteiger partial charge in [0.05, 0.1) is 25.1 Å². The molecule has 2 aromatic rings. The van der Waals surface area contributed by atoms with E-state index in [4.69, 9.17) is 37.0 Å². The van der Waals surface area contributed by atoms with Crippen molar-refractivity contribution in [1.82, 2.24) is 4.98 Å². The molecular formula is C18H17Cl2F2NO5. The first-order valence-corrected chi connectivity index (χ1v) is 9.07. The lowest BCUT2D eigenvalue weighted by Gasteiger charge is -2.17. The van der Waals surface area contributed by atoms with Gasteiger partial charge >= 0.3 is 6.61 Å². The molecule has 0 amide bonds. The number of ether oxygens (including phenoxy) is 2. The zero-order chi connectivity index (χ0) is 20.1. The third-order valence-electron chi connectivity index (χ3n) is 4.28. The van der Waals surface area contributed by atoms with Crippen LogP contribution >= 0.6 is 23.7 Å². The predicted octanol–water partition coefficient (Wildman–Crippen LogP) is 4.81. The Bertz CT molecular complexity index is 785. The van der Waals surface area contributed by atoms with E-state index in [9.17, 15) is 13.9 Å². The summed E-state index contributed by atoms with van der Waals surface area (Å²) in [6.45, 7) is -2.58. The summed E-state index contributed by atoms with van der Waals surface area (Å²) >= 11 is 10.9. The number of hydrogen-bond donors (Lipinski definition) is 1. The van der Waals surface area contributed by atoms with Crippen molar-refractivity contribution in [1.29, 1.82) is 0 Å². The van der Waals surface area contributed by atoms with Gasteiger partial charge in [-0.25, -0.2) is 0 Å². The number of rotatable bonds is 10. The smallest absolute Gasteiger partial charge is 0.387 e. The maximum Gasteiger partial charge on any atom is 0.387 e. The molecule has 0 bridgehead atoms. The summed E-state index contributed by atoms with van der Waals surface area (Å²) in [5.74, 6) is 0.797. The van der Waals surface area contributed by atoms with Crippen molar-refractivity contribution in [3.63, 3.8) is 0 Å². The Hall–Kier alpha value is -2.03. The fraction of sp³-hybridized carbons (Fsp3) is 0.389. The fourth-order valence-electron chi connectivity index (χ4n) is 2.63. The van der Waals surface area contributed by atoms with Gasteiger partial charge in [0, 0.05) is 12.0 Å². The van der Waals surface area contributed by atoms with Crippen LogP contribution in [-0.4, -0.2) is 23.3 Å². The number of hydrogen-bond acceptors (Lipinski definition) is 6. The van der Waals surface area contributed by atoms with E-state index in [1.54, 1.807) is 0 Å². The molecule has 28 heavy (non-hydrogen) atoms. The first-order chi connectivity index (χ1) is 13.5. The van der Waals surface area contributed by atoms with Crippen molar-refractivity contribution in [2.75, 3.05) is 6.61 Å². The number of aliphatic hydroxyl groups is 1. The van der Waals surface area contributed by atoms with Crippen LogP contribution in [0, 0.1) is 5.92 Å². The SMILES string of the molecule is O[C@@H](Cc1c(OCl)cncc1OCl)c1ccc(OC(F)F)c(OCC2CC2)c1. The highest BCUT2D eigenvalue weighted by Crippen LogP contribution is 2.37.